The average Bonchev–Trinajstić information content (AvgIpc) is 3.35. The van der Waals surface area contributed by atoms with Crippen LogP contribution < -0.4 is 4.90 Å². The molecule has 31 heavy (non-hydrogen) atoms. The number of hydrogen-bond donors (Lipinski definition) is 2. The number of carbonyl (C=O) groups is 2. The maximum absolute atomic E-state index is 11.8. The Kier molecular flexibility index (Phi) is 9.33. The van der Waals surface area contributed by atoms with Crippen LogP contribution in [0.4, 0.5) is 9.52 Å². The largest absolute Gasteiger partial charge is 0.478 e. The summed E-state index contributed by atoms with van der Waals surface area (Å²) in [4.78, 5) is 28.4. The van der Waals surface area contributed by atoms with Crippen molar-refractivity contribution in [3.63, 3.8) is 0 Å². The number of hydrogen-bond acceptors (Lipinski definition) is 6. The first-order valence-electron chi connectivity index (χ1n) is 9.97. The van der Waals surface area contributed by atoms with Crippen LogP contribution in [0.1, 0.15) is 47.9 Å². The maximum Gasteiger partial charge on any atom is 0.335 e. The molecule has 0 spiro atoms. The van der Waals surface area contributed by atoms with Crippen molar-refractivity contribution in [1.29, 1.82) is 5.41 Å². The summed E-state index contributed by atoms with van der Waals surface area (Å²) < 4.78 is 13.8. The highest BCUT2D eigenvalue weighted by Gasteiger charge is 2.15. The Morgan fingerprint density at radius 2 is 2.06 bits per heavy atom. The zero-order chi connectivity index (χ0) is 22.8. The minimum Gasteiger partial charge on any atom is -0.478 e. The predicted octanol–water partition coefficient (Wildman–Crippen LogP) is 4.62. The SMILES string of the molecule is C/C=C\C(=C/C(=N)F)C(=O)O.Cc1cc(C=O)n(Cc2csc(N3CCCCC3)n2)c1. The van der Waals surface area contributed by atoms with Crippen LogP contribution in [0.5, 0.6) is 0 Å². The molecule has 0 unspecified atom stereocenters. The van der Waals surface area contributed by atoms with Crippen LogP contribution in [-0.4, -0.2) is 46.0 Å². The fourth-order valence-corrected chi connectivity index (χ4v) is 4.05. The van der Waals surface area contributed by atoms with Gasteiger partial charge in [0.05, 0.1) is 23.5 Å². The molecular formula is C22H27FN4O3S. The van der Waals surface area contributed by atoms with Crippen molar-refractivity contribution >= 4 is 34.7 Å². The van der Waals surface area contributed by atoms with Gasteiger partial charge in [0.15, 0.2) is 11.4 Å². The quantitative estimate of drug-likeness (QED) is 0.280. The summed E-state index contributed by atoms with van der Waals surface area (Å²) in [6, 6.07) is 1.91. The lowest BCUT2D eigenvalue weighted by Crippen LogP contribution is -2.29. The van der Waals surface area contributed by atoms with Crippen molar-refractivity contribution < 1.29 is 19.1 Å². The van der Waals surface area contributed by atoms with Gasteiger partial charge in [-0.2, -0.15) is 4.39 Å². The molecule has 0 aliphatic carbocycles. The number of allylic oxidation sites excluding steroid dienone is 2. The summed E-state index contributed by atoms with van der Waals surface area (Å²) in [5, 5.41) is 18.0. The fourth-order valence-electron chi connectivity index (χ4n) is 3.18. The van der Waals surface area contributed by atoms with Crippen molar-refractivity contribution in [3.8, 4) is 0 Å². The number of aryl methyl sites for hydroxylation is 1. The third-order valence-electron chi connectivity index (χ3n) is 4.56. The molecule has 166 valence electrons. The molecule has 3 heterocycles. The lowest BCUT2D eigenvalue weighted by molar-refractivity contribution is -0.132. The molecule has 1 saturated heterocycles. The molecule has 2 aromatic heterocycles. The highest BCUT2D eigenvalue weighted by molar-refractivity contribution is 7.13. The maximum atomic E-state index is 11.8. The molecule has 0 aromatic carbocycles. The Morgan fingerprint density at radius 1 is 1.35 bits per heavy atom. The van der Waals surface area contributed by atoms with Gasteiger partial charge in [-0.15, -0.1) is 11.3 Å². The van der Waals surface area contributed by atoms with Crippen molar-refractivity contribution in [1.82, 2.24) is 9.55 Å². The van der Waals surface area contributed by atoms with Crippen LogP contribution in [0.15, 0.2) is 41.4 Å². The molecule has 0 bridgehead atoms. The van der Waals surface area contributed by atoms with E-state index in [1.165, 1.54) is 31.4 Å². The van der Waals surface area contributed by atoms with E-state index in [-0.39, 0.29) is 5.57 Å². The van der Waals surface area contributed by atoms with Crippen LogP contribution in [0, 0.1) is 12.3 Å². The Bertz CT molecular complexity index is 971. The van der Waals surface area contributed by atoms with Crippen LogP contribution in [0.25, 0.3) is 0 Å². The number of aldehydes is 1. The van der Waals surface area contributed by atoms with Gasteiger partial charge in [-0.05, 0) is 44.7 Å². The smallest absolute Gasteiger partial charge is 0.335 e. The summed E-state index contributed by atoms with van der Waals surface area (Å²) >= 11 is 1.71. The fraction of sp³-hybridized carbons (Fsp3) is 0.364. The Labute approximate surface area is 185 Å². The molecule has 3 rings (SSSR count). The van der Waals surface area contributed by atoms with Gasteiger partial charge >= 0.3 is 5.97 Å². The number of aliphatic carboxylic acids is 1. The van der Waals surface area contributed by atoms with Gasteiger partial charge in [0, 0.05) is 30.7 Å². The van der Waals surface area contributed by atoms with Crippen molar-refractivity contribution in [2.24, 2.45) is 0 Å². The van der Waals surface area contributed by atoms with Gasteiger partial charge in [0.25, 0.3) is 0 Å². The van der Waals surface area contributed by atoms with Crippen molar-refractivity contribution in [2.75, 3.05) is 18.0 Å². The highest BCUT2D eigenvalue weighted by Crippen LogP contribution is 2.24. The minimum absolute atomic E-state index is 0.236. The third kappa shape index (κ3) is 7.60. The number of carbonyl (C=O) groups excluding carboxylic acids is 1. The molecule has 2 N–H and O–H groups in total. The third-order valence-corrected chi connectivity index (χ3v) is 5.51. The van der Waals surface area contributed by atoms with E-state index in [9.17, 15) is 14.0 Å². The molecule has 0 radical (unpaired) electrons. The molecule has 7 nitrogen and oxygen atoms in total. The number of rotatable bonds is 7. The first-order chi connectivity index (χ1) is 14.8. The second-order valence-corrected chi connectivity index (χ2v) is 7.95. The predicted molar refractivity (Wildman–Crippen MR) is 121 cm³/mol. The van der Waals surface area contributed by atoms with Gasteiger partial charge in [-0.1, -0.05) is 12.2 Å². The number of nitrogens with one attached hydrogen (secondary N) is 1. The van der Waals surface area contributed by atoms with E-state index in [1.54, 1.807) is 18.3 Å². The van der Waals surface area contributed by atoms with Gasteiger partial charge < -0.3 is 14.6 Å². The molecule has 9 heteroatoms. The molecule has 0 atom stereocenters. The van der Waals surface area contributed by atoms with Crippen molar-refractivity contribution in [3.05, 3.63) is 58.4 Å². The van der Waals surface area contributed by atoms with E-state index >= 15 is 0 Å². The summed E-state index contributed by atoms with van der Waals surface area (Å²) in [7, 11) is 0. The number of nitrogens with zero attached hydrogens (tertiary/aromatic N) is 3. The van der Waals surface area contributed by atoms with E-state index in [1.807, 2.05) is 23.8 Å². The number of carboxylic acids is 1. The summed E-state index contributed by atoms with van der Waals surface area (Å²) in [5.74, 6) is -2.51. The molecule has 0 saturated carbocycles. The number of piperidine rings is 1. The van der Waals surface area contributed by atoms with Crippen LogP contribution in [0.3, 0.4) is 0 Å². The Morgan fingerprint density at radius 3 is 2.65 bits per heavy atom. The van der Waals surface area contributed by atoms with E-state index in [4.69, 9.17) is 15.5 Å². The van der Waals surface area contributed by atoms with Gasteiger partial charge in [0.1, 0.15) is 0 Å². The summed E-state index contributed by atoms with van der Waals surface area (Å²) in [6.07, 6.45) is 10.1. The molecular weight excluding hydrogens is 419 g/mol. The van der Waals surface area contributed by atoms with Gasteiger partial charge in [-0.3, -0.25) is 10.2 Å². The van der Waals surface area contributed by atoms with E-state index < -0.39 is 11.9 Å². The number of aromatic nitrogens is 2. The van der Waals surface area contributed by atoms with E-state index in [0.717, 1.165) is 41.5 Å². The number of thiazole rings is 1. The zero-order valence-electron chi connectivity index (χ0n) is 17.7. The second kappa shape index (κ2) is 11.9. The number of carboxylic acid groups (broad SMARTS) is 1. The Hall–Kier alpha value is -3.07. The standard InChI is InChI=1S/C15H19N3OS.C7H8FNO2/c1-12-7-14(10-19)18(8-12)9-13-11-20-15(16-13)17-5-3-2-4-6-17;1-2-3-5(7(10)11)4-6(8)9/h7-8,10-11H,2-6,9H2,1H3;2-4,9H,1H3,(H,10,11)/b;3-2-,5-4+,9-6?. The molecule has 1 aliphatic heterocycles. The monoisotopic (exact) mass is 446 g/mol. The Balaban J connectivity index is 0.000000267. The van der Waals surface area contributed by atoms with Gasteiger partial charge in [0.2, 0.25) is 5.97 Å². The number of anilines is 1. The zero-order valence-corrected chi connectivity index (χ0v) is 18.5. The van der Waals surface area contributed by atoms with Crippen LogP contribution in [0.2, 0.25) is 0 Å². The average molecular weight is 447 g/mol. The molecule has 0 amide bonds. The second-order valence-electron chi connectivity index (χ2n) is 7.11. The summed E-state index contributed by atoms with van der Waals surface area (Å²) in [5.41, 5.74) is 2.63. The normalized spacial score (nSPS) is 14.3. The summed E-state index contributed by atoms with van der Waals surface area (Å²) in [6.45, 7) is 6.53. The molecule has 1 fully saturated rings. The first-order valence-corrected chi connectivity index (χ1v) is 10.8. The minimum atomic E-state index is -1.26. The molecule has 2 aromatic rings. The topological polar surface area (TPSA) is 99.3 Å². The van der Waals surface area contributed by atoms with E-state index in [2.05, 4.69) is 10.3 Å². The lowest BCUT2D eigenvalue weighted by Gasteiger charge is -2.25. The first kappa shape index (κ1) is 24.2. The van der Waals surface area contributed by atoms with Crippen LogP contribution in [-0.2, 0) is 11.3 Å². The number of halogens is 1. The highest BCUT2D eigenvalue weighted by atomic mass is 32.1. The van der Waals surface area contributed by atoms with Crippen molar-refractivity contribution in [2.45, 2.75) is 39.7 Å². The van der Waals surface area contributed by atoms with Gasteiger partial charge in [-0.25, -0.2) is 9.78 Å². The molecule has 1 aliphatic rings. The van der Waals surface area contributed by atoms with E-state index in [0.29, 0.717) is 12.6 Å². The van der Waals surface area contributed by atoms with Crippen LogP contribution >= 0.6 is 11.3 Å². The lowest BCUT2D eigenvalue weighted by atomic mass is 10.1.